The summed E-state index contributed by atoms with van der Waals surface area (Å²) in [4.78, 5) is 19.4. The topological polar surface area (TPSA) is 26.8 Å². The highest BCUT2D eigenvalue weighted by atomic mass is 16.2. The molecule has 0 atom stereocenters. The van der Waals surface area contributed by atoms with E-state index in [1.165, 1.54) is 5.56 Å². The van der Waals surface area contributed by atoms with Crippen molar-refractivity contribution in [3.8, 4) is 0 Å². The van der Waals surface area contributed by atoms with E-state index in [0.29, 0.717) is 12.3 Å². The van der Waals surface area contributed by atoms with Gasteiger partial charge in [-0.15, -0.1) is 0 Å². The minimum Gasteiger partial charge on any atom is -0.340 e. The van der Waals surface area contributed by atoms with Crippen LogP contribution in [0.2, 0.25) is 0 Å². The van der Waals surface area contributed by atoms with Crippen LogP contribution in [0.5, 0.6) is 0 Å². The molecule has 2 rings (SSSR count). The first-order valence-electron chi connectivity index (χ1n) is 10.2. The zero-order valence-electron chi connectivity index (χ0n) is 16.6. The second-order valence-corrected chi connectivity index (χ2v) is 7.09. The van der Waals surface area contributed by atoms with Gasteiger partial charge in [0, 0.05) is 45.7 Å². The van der Waals surface area contributed by atoms with Gasteiger partial charge in [-0.2, -0.15) is 0 Å². The average molecular weight is 358 g/mol. The van der Waals surface area contributed by atoms with Crippen LogP contribution in [0.15, 0.2) is 36.4 Å². The summed E-state index contributed by atoms with van der Waals surface area (Å²) in [5, 5.41) is 0. The molecule has 1 aliphatic rings. The zero-order valence-corrected chi connectivity index (χ0v) is 16.6. The van der Waals surface area contributed by atoms with Crippen molar-refractivity contribution in [2.45, 2.75) is 33.1 Å². The van der Waals surface area contributed by atoms with Crippen molar-refractivity contribution in [1.82, 2.24) is 14.7 Å². The standard InChI is InChI=1S/C22H35N3O/c1-3-13-23(14-4-2)16-12-22(26)25-19-17-24(18-20-25)15-8-11-21-9-6-5-7-10-21/h5-11H,3-4,12-20H2,1-2H3/b11-8+. The molecule has 0 aliphatic carbocycles. The number of carbonyl (C=O) groups is 1. The number of nitrogens with zero attached hydrogens (tertiary/aromatic N) is 3. The summed E-state index contributed by atoms with van der Waals surface area (Å²) >= 11 is 0. The Bertz CT molecular complexity index is 530. The second kappa shape index (κ2) is 11.9. The lowest BCUT2D eigenvalue weighted by molar-refractivity contribution is -0.133. The van der Waals surface area contributed by atoms with Crippen molar-refractivity contribution in [3.63, 3.8) is 0 Å². The molecule has 0 saturated carbocycles. The highest BCUT2D eigenvalue weighted by Crippen LogP contribution is 2.07. The predicted octanol–water partition coefficient (Wildman–Crippen LogP) is 3.36. The molecule has 1 aliphatic heterocycles. The molecular formula is C22H35N3O. The highest BCUT2D eigenvalue weighted by molar-refractivity contribution is 5.76. The fourth-order valence-electron chi connectivity index (χ4n) is 3.46. The molecule has 1 aromatic carbocycles. The fraction of sp³-hybridized carbons (Fsp3) is 0.591. The SMILES string of the molecule is CCCN(CCC)CCC(=O)N1CCN(C/C=C/c2ccccc2)CC1. The Balaban J connectivity index is 1.67. The van der Waals surface area contributed by atoms with Gasteiger partial charge >= 0.3 is 0 Å². The van der Waals surface area contributed by atoms with Crippen LogP contribution in [-0.4, -0.2) is 73.0 Å². The van der Waals surface area contributed by atoms with E-state index in [-0.39, 0.29) is 0 Å². The second-order valence-electron chi connectivity index (χ2n) is 7.09. The quantitative estimate of drug-likeness (QED) is 0.642. The van der Waals surface area contributed by atoms with E-state index in [1.54, 1.807) is 0 Å². The molecule has 1 fully saturated rings. The maximum absolute atomic E-state index is 12.5. The van der Waals surface area contributed by atoms with Crippen LogP contribution in [0, 0.1) is 0 Å². The summed E-state index contributed by atoms with van der Waals surface area (Å²) in [5.74, 6) is 0.321. The summed E-state index contributed by atoms with van der Waals surface area (Å²) < 4.78 is 0. The van der Waals surface area contributed by atoms with E-state index >= 15 is 0 Å². The average Bonchev–Trinajstić information content (AvgIpc) is 2.67. The van der Waals surface area contributed by atoms with E-state index in [2.05, 4.69) is 60.1 Å². The molecule has 1 amide bonds. The summed E-state index contributed by atoms with van der Waals surface area (Å²) in [6, 6.07) is 10.4. The normalized spacial score (nSPS) is 15.9. The number of rotatable bonds is 10. The lowest BCUT2D eigenvalue weighted by Gasteiger charge is -2.34. The van der Waals surface area contributed by atoms with E-state index < -0.39 is 0 Å². The Morgan fingerprint density at radius 1 is 1.00 bits per heavy atom. The van der Waals surface area contributed by atoms with Gasteiger partial charge in [0.25, 0.3) is 0 Å². The maximum atomic E-state index is 12.5. The molecular weight excluding hydrogens is 322 g/mol. The molecule has 0 radical (unpaired) electrons. The molecule has 0 spiro atoms. The predicted molar refractivity (Wildman–Crippen MR) is 110 cm³/mol. The highest BCUT2D eigenvalue weighted by Gasteiger charge is 2.20. The van der Waals surface area contributed by atoms with Crippen LogP contribution in [0.25, 0.3) is 6.08 Å². The van der Waals surface area contributed by atoms with Crippen molar-refractivity contribution in [2.24, 2.45) is 0 Å². The minimum absolute atomic E-state index is 0.321. The van der Waals surface area contributed by atoms with Crippen molar-refractivity contribution >= 4 is 12.0 Å². The van der Waals surface area contributed by atoms with Gasteiger partial charge in [0.2, 0.25) is 5.91 Å². The lowest BCUT2D eigenvalue weighted by Crippen LogP contribution is -2.49. The fourth-order valence-corrected chi connectivity index (χ4v) is 3.46. The van der Waals surface area contributed by atoms with Crippen LogP contribution in [-0.2, 0) is 4.79 Å². The van der Waals surface area contributed by atoms with E-state index in [4.69, 9.17) is 0 Å². The van der Waals surface area contributed by atoms with Crippen molar-refractivity contribution in [3.05, 3.63) is 42.0 Å². The number of benzene rings is 1. The van der Waals surface area contributed by atoms with Gasteiger partial charge < -0.3 is 9.80 Å². The Morgan fingerprint density at radius 2 is 1.65 bits per heavy atom. The first-order chi connectivity index (χ1) is 12.7. The van der Waals surface area contributed by atoms with Gasteiger partial charge in [0.05, 0.1) is 0 Å². The molecule has 0 aromatic heterocycles. The van der Waals surface area contributed by atoms with E-state index in [0.717, 1.165) is 65.2 Å². The van der Waals surface area contributed by atoms with E-state index in [1.807, 2.05) is 11.0 Å². The van der Waals surface area contributed by atoms with Crippen LogP contribution in [0.3, 0.4) is 0 Å². The molecule has 0 bridgehead atoms. The van der Waals surface area contributed by atoms with Crippen LogP contribution in [0.1, 0.15) is 38.7 Å². The number of amides is 1. The van der Waals surface area contributed by atoms with Gasteiger partial charge in [0.1, 0.15) is 0 Å². The van der Waals surface area contributed by atoms with Gasteiger partial charge in [-0.25, -0.2) is 0 Å². The zero-order chi connectivity index (χ0) is 18.6. The Kier molecular flexibility index (Phi) is 9.43. The van der Waals surface area contributed by atoms with Crippen LogP contribution in [0.4, 0.5) is 0 Å². The maximum Gasteiger partial charge on any atom is 0.223 e. The minimum atomic E-state index is 0.321. The molecule has 4 heteroatoms. The molecule has 0 unspecified atom stereocenters. The van der Waals surface area contributed by atoms with Gasteiger partial charge in [-0.1, -0.05) is 56.3 Å². The summed E-state index contributed by atoms with van der Waals surface area (Å²) in [7, 11) is 0. The van der Waals surface area contributed by atoms with Crippen molar-refractivity contribution in [2.75, 3.05) is 52.4 Å². The number of piperazine rings is 1. The lowest BCUT2D eigenvalue weighted by atomic mass is 10.2. The third kappa shape index (κ3) is 7.30. The van der Waals surface area contributed by atoms with Crippen molar-refractivity contribution < 1.29 is 4.79 Å². The van der Waals surface area contributed by atoms with Gasteiger partial charge in [-0.3, -0.25) is 9.69 Å². The summed E-state index contributed by atoms with van der Waals surface area (Å²) in [6.45, 7) is 12.1. The third-order valence-electron chi connectivity index (χ3n) is 4.92. The smallest absolute Gasteiger partial charge is 0.223 e. The van der Waals surface area contributed by atoms with Gasteiger partial charge in [0.15, 0.2) is 0 Å². The molecule has 1 aromatic rings. The van der Waals surface area contributed by atoms with Crippen LogP contribution < -0.4 is 0 Å². The molecule has 1 heterocycles. The monoisotopic (exact) mass is 357 g/mol. The summed E-state index contributed by atoms with van der Waals surface area (Å²) in [5.41, 5.74) is 1.24. The molecule has 0 N–H and O–H groups in total. The first kappa shape index (κ1) is 20.7. The van der Waals surface area contributed by atoms with Crippen molar-refractivity contribution in [1.29, 1.82) is 0 Å². The molecule has 1 saturated heterocycles. The number of hydrogen-bond donors (Lipinski definition) is 0. The van der Waals surface area contributed by atoms with Gasteiger partial charge in [-0.05, 0) is 31.5 Å². The Morgan fingerprint density at radius 3 is 2.27 bits per heavy atom. The first-order valence-corrected chi connectivity index (χ1v) is 10.2. The Hall–Kier alpha value is -1.65. The molecule has 26 heavy (non-hydrogen) atoms. The number of carbonyl (C=O) groups excluding carboxylic acids is 1. The molecule has 144 valence electrons. The van der Waals surface area contributed by atoms with Crippen LogP contribution >= 0.6 is 0 Å². The summed E-state index contributed by atoms with van der Waals surface area (Å²) in [6.07, 6.45) is 7.37. The molecule has 4 nitrogen and oxygen atoms in total. The van der Waals surface area contributed by atoms with E-state index in [9.17, 15) is 4.79 Å². The largest absolute Gasteiger partial charge is 0.340 e. The third-order valence-corrected chi connectivity index (χ3v) is 4.92. The Labute approximate surface area is 159 Å². The number of hydrogen-bond acceptors (Lipinski definition) is 3.